The van der Waals surface area contributed by atoms with Gasteiger partial charge in [0.2, 0.25) is 4.80 Å². The lowest BCUT2D eigenvalue weighted by Crippen LogP contribution is -2.18. The van der Waals surface area contributed by atoms with Gasteiger partial charge in [-0.25, -0.2) is 0 Å². The van der Waals surface area contributed by atoms with Crippen LogP contribution in [0.4, 0.5) is 0 Å². The second-order valence-electron chi connectivity index (χ2n) is 7.34. The molecule has 0 amide bonds. The van der Waals surface area contributed by atoms with Crippen molar-refractivity contribution in [3.05, 3.63) is 57.8 Å². The molecule has 0 spiro atoms. The molecule has 3 aromatic rings. The minimum absolute atomic E-state index is 0.0529. The molecule has 0 unspecified atom stereocenters. The third-order valence-corrected chi connectivity index (χ3v) is 7.43. The van der Waals surface area contributed by atoms with E-state index in [2.05, 4.69) is 25.2 Å². The van der Waals surface area contributed by atoms with E-state index in [0.29, 0.717) is 16.7 Å². The van der Waals surface area contributed by atoms with Crippen molar-refractivity contribution < 1.29 is 8.42 Å². The van der Waals surface area contributed by atoms with Crippen LogP contribution < -0.4 is 4.80 Å². The van der Waals surface area contributed by atoms with Crippen LogP contribution in [-0.4, -0.2) is 13.0 Å². The highest BCUT2D eigenvalue weighted by Gasteiger charge is 2.23. The van der Waals surface area contributed by atoms with Crippen molar-refractivity contribution in [2.45, 2.75) is 51.5 Å². The van der Waals surface area contributed by atoms with Gasteiger partial charge in [-0.3, -0.25) is 0 Å². The van der Waals surface area contributed by atoms with Crippen molar-refractivity contribution in [3.8, 4) is 0 Å². The van der Waals surface area contributed by atoms with Crippen molar-refractivity contribution in [3.63, 3.8) is 0 Å². The van der Waals surface area contributed by atoms with E-state index < -0.39 is 10.0 Å². The van der Waals surface area contributed by atoms with E-state index in [4.69, 9.17) is 0 Å². The molecule has 138 valence electrons. The molecule has 0 radical (unpaired) electrons. The van der Waals surface area contributed by atoms with Gasteiger partial charge in [-0.2, -0.15) is 8.42 Å². The molecule has 0 N–H and O–H groups in total. The summed E-state index contributed by atoms with van der Waals surface area (Å²) in [6, 6.07) is 12.8. The molecule has 0 fully saturated rings. The van der Waals surface area contributed by atoms with E-state index in [1.807, 2.05) is 48.7 Å². The predicted molar refractivity (Wildman–Crippen MR) is 108 cm³/mol. The fraction of sp³-hybridized carbons (Fsp3) is 0.350. The van der Waals surface area contributed by atoms with Crippen LogP contribution in [0.5, 0.6) is 0 Å². The highest BCUT2D eigenvalue weighted by Crippen LogP contribution is 2.29. The summed E-state index contributed by atoms with van der Waals surface area (Å²) in [4.78, 5) is 1.94. The highest BCUT2D eigenvalue weighted by atomic mass is 32.2. The van der Waals surface area contributed by atoms with Gasteiger partial charge >= 0.3 is 0 Å². The molecule has 0 saturated carbocycles. The van der Waals surface area contributed by atoms with Crippen molar-refractivity contribution in [2.75, 3.05) is 0 Å². The summed E-state index contributed by atoms with van der Waals surface area (Å²) in [7, 11) is -3.81. The van der Waals surface area contributed by atoms with E-state index in [9.17, 15) is 8.42 Å². The Hall–Kier alpha value is -1.92. The minimum Gasteiger partial charge on any atom is -0.320 e. The molecule has 0 aliphatic heterocycles. The normalized spacial score (nSPS) is 13.5. The number of hydrogen-bond donors (Lipinski definition) is 0. The van der Waals surface area contributed by atoms with Gasteiger partial charge in [0.15, 0.2) is 0 Å². The van der Waals surface area contributed by atoms with Crippen LogP contribution in [0.15, 0.2) is 51.8 Å². The maximum absolute atomic E-state index is 13.1. The van der Waals surface area contributed by atoms with Crippen LogP contribution in [0.1, 0.15) is 38.3 Å². The largest absolute Gasteiger partial charge is 0.320 e. The average Bonchev–Trinajstić information content (AvgIpc) is 2.89. The fourth-order valence-electron chi connectivity index (χ4n) is 3.20. The van der Waals surface area contributed by atoms with E-state index in [1.165, 1.54) is 11.3 Å². The maximum atomic E-state index is 13.1. The van der Waals surface area contributed by atoms with Crippen LogP contribution in [0.25, 0.3) is 10.8 Å². The number of aromatic nitrogens is 1. The number of thiazole rings is 1. The number of benzene rings is 2. The van der Waals surface area contributed by atoms with Crippen molar-refractivity contribution in [1.82, 2.24) is 4.57 Å². The Bertz CT molecular complexity index is 1130. The average molecular weight is 389 g/mol. The molecule has 0 atom stereocenters. The Kier molecular flexibility index (Phi) is 4.84. The lowest BCUT2D eigenvalue weighted by molar-refractivity contribution is 0.585. The van der Waals surface area contributed by atoms with E-state index in [0.717, 1.165) is 16.0 Å². The minimum atomic E-state index is -3.81. The molecule has 2 aromatic carbocycles. The first-order valence-electron chi connectivity index (χ1n) is 8.64. The lowest BCUT2D eigenvalue weighted by atomic mass is 9.93. The molecule has 1 aromatic heterocycles. The Labute approximate surface area is 158 Å². The van der Waals surface area contributed by atoms with Gasteiger partial charge in [-0.05, 0) is 30.7 Å². The molecular formula is C20H24N2O2S2. The summed E-state index contributed by atoms with van der Waals surface area (Å²) in [6.07, 6.45) is 0. The molecule has 0 aliphatic rings. The molecule has 0 saturated heterocycles. The fourth-order valence-corrected chi connectivity index (χ4v) is 5.88. The number of hydrogen-bond acceptors (Lipinski definition) is 3. The van der Waals surface area contributed by atoms with Crippen molar-refractivity contribution in [1.29, 1.82) is 0 Å². The van der Waals surface area contributed by atoms with Crippen LogP contribution in [-0.2, 0) is 22.0 Å². The van der Waals surface area contributed by atoms with Crippen molar-refractivity contribution >= 4 is 32.1 Å². The van der Waals surface area contributed by atoms with Crippen molar-refractivity contribution in [2.24, 2.45) is 4.40 Å². The molecule has 26 heavy (non-hydrogen) atoms. The number of nitrogens with zero attached hydrogens (tertiary/aromatic N) is 2. The zero-order valence-electron chi connectivity index (χ0n) is 15.8. The number of rotatable bonds is 3. The molecule has 4 nitrogen and oxygen atoms in total. The van der Waals surface area contributed by atoms with Gasteiger partial charge in [-0.1, -0.05) is 57.2 Å². The van der Waals surface area contributed by atoms with Gasteiger partial charge in [0.1, 0.15) is 0 Å². The van der Waals surface area contributed by atoms with Gasteiger partial charge < -0.3 is 4.57 Å². The second kappa shape index (κ2) is 6.67. The molecule has 1 heterocycles. The molecule has 6 heteroatoms. The van der Waals surface area contributed by atoms with E-state index >= 15 is 0 Å². The standard InChI is InChI=1S/C20H24N2O2S2/c1-6-22-14(2)18(20(3,4)5)25-19(22)21-26(23,24)17-13-9-11-15-10-7-8-12-16(15)17/h7-13H,6H2,1-5H3. The number of sulfonamides is 1. The Balaban J connectivity index is 2.27. The van der Waals surface area contributed by atoms with E-state index in [1.54, 1.807) is 12.1 Å². The third kappa shape index (κ3) is 3.35. The summed E-state index contributed by atoms with van der Waals surface area (Å²) < 4.78 is 32.4. The first-order valence-corrected chi connectivity index (χ1v) is 10.9. The van der Waals surface area contributed by atoms with Crippen LogP contribution in [0.2, 0.25) is 0 Å². The summed E-state index contributed by atoms with van der Waals surface area (Å²) >= 11 is 1.46. The van der Waals surface area contributed by atoms with Gasteiger partial charge in [-0.15, -0.1) is 15.7 Å². The summed E-state index contributed by atoms with van der Waals surface area (Å²) in [6.45, 7) is 11.1. The lowest BCUT2D eigenvalue weighted by Gasteiger charge is -2.17. The SMILES string of the molecule is CCn1c(C)c(C(C)(C)C)sc1=NS(=O)(=O)c1cccc2ccccc12. The van der Waals surface area contributed by atoms with Gasteiger partial charge in [0.25, 0.3) is 10.0 Å². The van der Waals surface area contributed by atoms with E-state index in [-0.39, 0.29) is 10.3 Å². The maximum Gasteiger partial charge on any atom is 0.285 e. The van der Waals surface area contributed by atoms with Crippen LogP contribution in [0.3, 0.4) is 0 Å². The number of fused-ring (bicyclic) bond motifs is 1. The second-order valence-corrected chi connectivity index (χ2v) is 9.89. The smallest absolute Gasteiger partial charge is 0.285 e. The zero-order valence-corrected chi connectivity index (χ0v) is 17.4. The molecular weight excluding hydrogens is 364 g/mol. The van der Waals surface area contributed by atoms with Crippen LogP contribution in [0, 0.1) is 6.92 Å². The first-order chi connectivity index (χ1) is 12.1. The quantitative estimate of drug-likeness (QED) is 0.657. The Morgan fingerprint density at radius 1 is 1.08 bits per heavy atom. The topological polar surface area (TPSA) is 51.4 Å². The summed E-state index contributed by atoms with van der Waals surface area (Å²) in [5, 5.41) is 1.59. The molecule has 3 rings (SSSR count). The van der Waals surface area contributed by atoms with Gasteiger partial charge in [0.05, 0.1) is 4.90 Å². The molecule has 0 bridgehead atoms. The third-order valence-electron chi connectivity index (χ3n) is 4.38. The first kappa shape index (κ1) is 18.9. The summed E-state index contributed by atoms with van der Waals surface area (Å²) in [5.41, 5.74) is 1.03. The molecule has 0 aliphatic carbocycles. The summed E-state index contributed by atoms with van der Waals surface area (Å²) in [5.74, 6) is 0. The Morgan fingerprint density at radius 3 is 2.38 bits per heavy atom. The predicted octanol–water partition coefficient (Wildman–Crippen LogP) is 4.62. The zero-order chi connectivity index (χ0) is 19.1. The van der Waals surface area contributed by atoms with Crippen LogP contribution >= 0.6 is 11.3 Å². The van der Waals surface area contributed by atoms with Gasteiger partial charge in [0, 0.05) is 22.5 Å². The monoisotopic (exact) mass is 388 g/mol. The highest BCUT2D eigenvalue weighted by molar-refractivity contribution is 7.90. The Morgan fingerprint density at radius 2 is 1.73 bits per heavy atom.